The first-order chi connectivity index (χ1) is 8.49. The summed E-state index contributed by atoms with van der Waals surface area (Å²) in [5, 5.41) is 12.5. The van der Waals surface area contributed by atoms with E-state index < -0.39 is 5.97 Å². The summed E-state index contributed by atoms with van der Waals surface area (Å²) >= 11 is 1.04. The Morgan fingerprint density at radius 2 is 2.17 bits per heavy atom. The van der Waals surface area contributed by atoms with E-state index in [2.05, 4.69) is 9.69 Å². The highest BCUT2D eigenvalue weighted by molar-refractivity contribution is 7.11. The number of carboxylic acids is 1. The number of anilines is 1. The van der Waals surface area contributed by atoms with Crippen LogP contribution in [0.3, 0.4) is 0 Å². The van der Waals surface area contributed by atoms with Gasteiger partial charge in [0.2, 0.25) is 5.91 Å². The van der Waals surface area contributed by atoms with Crippen molar-refractivity contribution in [1.82, 2.24) is 9.69 Å². The van der Waals surface area contributed by atoms with E-state index in [9.17, 15) is 9.59 Å². The zero-order chi connectivity index (χ0) is 13.7. The molecule has 0 spiro atoms. The summed E-state index contributed by atoms with van der Waals surface area (Å²) in [6, 6.07) is 0. The number of nitrogens with zero attached hydrogens (tertiary/aromatic N) is 2. The van der Waals surface area contributed by atoms with E-state index in [0.717, 1.165) is 24.5 Å². The number of hydrogen-bond donors (Lipinski definition) is 2. The molecule has 0 aliphatic rings. The number of aryl methyl sites for hydroxylation is 1. The van der Waals surface area contributed by atoms with Gasteiger partial charge in [0.05, 0.1) is 5.69 Å². The number of aromatic carboxylic acids is 1. The van der Waals surface area contributed by atoms with Gasteiger partial charge < -0.3 is 15.3 Å². The van der Waals surface area contributed by atoms with E-state index in [1.807, 2.05) is 7.05 Å². The van der Waals surface area contributed by atoms with Gasteiger partial charge >= 0.3 is 5.97 Å². The summed E-state index contributed by atoms with van der Waals surface area (Å²) in [7, 11) is 3.41. The van der Waals surface area contributed by atoms with Crippen molar-refractivity contribution in [3.8, 4) is 0 Å². The molecule has 0 aliphatic carbocycles. The lowest BCUT2D eigenvalue weighted by Crippen LogP contribution is -2.27. The maximum Gasteiger partial charge on any atom is 0.340 e. The van der Waals surface area contributed by atoms with Crippen LogP contribution in [-0.4, -0.2) is 42.0 Å². The Morgan fingerprint density at radius 3 is 2.72 bits per heavy atom. The molecule has 100 valence electrons. The first kappa shape index (κ1) is 14.6. The zero-order valence-corrected chi connectivity index (χ0v) is 11.5. The second-order valence-electron chi connectivity index (χ2n) is 3.91. The SMILES string of the molecule is CNCCCC(=O)N(C)c1snc(C)c1C(=O)O. The van der Waals surface area contributed by atoms with Crippen molar-refractivity contribution in [1.29, 1.82) is 0 Å². The molecule has 0 aliphatic heterocycles. The van der Waals surface area contributed by atoms with Gasteiger partial charge in [0.1, 0.15) is 10.6 Å². The molecule has 0 atom stereocenters. The number of amides is 1. The lowest BCUT2D eigenvalue weighted by molar-refractivity contribution is -0.118. The normalized spacial score (nSPS) is 10.4. The van der Waals surface area contributed by atoms with Crippen LogP contribution in [0.5, 0.6) is 0 Å². The molecule has 0 radical (unpaired) electrons. The third-order valence-corrected chi connectivity index (χ3v) is 3.57. The minimum absolute atomic E-state index is 0.101. The minimum Gasteiger partial charge on any atom is -0.478 e. The third-order valence-electron chi connectivity index (χ3n) is 2.55. The molecular formula is C11H17N3O3S. The quantitative estimate of drug-likeness (QED) is 0.757. The monoisotopic (exact) mass is 271 g/mol. The second-order valence-corrected chi connectivity index (χ2v) is 4.66. The van der Waals surface area contributed by atoms with Gasteiger partial charge in [0.25, 0.3) is 0 Å². The highest BCUT2D eigenvalue weighted by Gasteiger charge is 2.23. The Morgan fingerprint density at radius 1 is 1.50 bits per heavy atom. The van der Waals surface area contributed by atoms with Gasteiger partial charge in [-0.05, 0) is 38.5 Å². The highest BCUT2D eigenvalue weighted by Crippen LogP contribution is 2.28. The molecule has 1 aromatic rings. The lowest BCUT2D eigenvalue weighted by atomic mass is 10.2. The summed E-state index contributed by atoms with van der Waals surface area (Å²) in [6.07, 6.45) is 1.10. The smallest absolute Gasteiger partial charge is 0.340 e. The van der Waals surface area contributed by atoms with E-state index in [4.69, 9.17) is 5.11 Å². The molecule has 1 rings (SSSR count). The molecule has 0 aromatic carbocycles. The van der Waals surface area contributed by atoms with Crippen molar-refractivity contribution >= 4 is 28.4 Å². The fraction of sp³-hybridized carbons (Fsp3) is 0.545. The van der Waals surface area contributed by atoms with Gasteiger partial charge in [-0.15, -0.1) is 0 Å². The van der Waals surface area contributed by atoms with Crippen LogP contribution in [0.1, 0.15) is 28.9 Å². The fourth-order valence-corrected chi connectivity index (χ4v) is 2.40. The van der Waals surface area contributed by atoms with Crippen LogP contribution >= 0.6 is 11.5 Å². The largest absolute Gasteiger partial charge is 0.478 e. The minimum atomic E-state index is -1.05. The van der Waals surface area contributed by atoms with Crippen LogP contribution in [0.4, 0.5) is 5.00 Å². The number of aromatic nitrogens is 1. The molecule has 6 nitrogen and oxygen atoms in total. The van der Waals surface area contributed by atoms with Crippen LogP contribution in [0.2, 0.25) is 0 Å². The Balaban J connectivity index is 2.80. The van der Waals surface area contributed by atoms with Gasteiger partial charge in [-0.25, -0.2) is 4.79 Å². The van der Waals surface area contributed by atoms with Crippen LogP contribution in [0, 0.1) is 6.92 Å². The van der Waals surface area contributed by atoms with Crippen molar-refractivity contribution < 1.29 is 14.7 Å². The molecule has 1 heterocycles. The molecule has 7 heteroatoms. The maximum atomic E-state index is 11.9. The highest BCUT2D eigenvalue weighted by atomic mass is 32.1. The molecular weight excluding hydrogens is 254 g/mol. The van der Waals surface area contributed by atoms with Gasteiger partial charge in [0, 0.05) is 13.5 Å². The zero-order valence-electron chi connectivity index (χ0n) is 10.7. The van der Waals surface area contributed by atoms with Crippen molar-refractivity contribution in [2.24, 2.45) is 0 Å². The summed E-state index contributed by atoms with van der Waals surface area (Å²) in [6.45, 7) is 2.38. The summed E-state index contributed by atoms with van der Waals surface area (Å²) in [4.78, 5) is 24.4. The number of carbonyl (C=O) groups is 2. The number of rotatable bonds is 6. The maximum absolute atomic E-state index is 11.9. The molecule has 2 N–H and O–H groups in total. The van der Waals surface area contributed by atoms with E-state index in [-0.39, 0.29) is 11.5 Å². The number of carbonyl (C=O) groups excluding carboxylic acids is 1. The van der Waals surface area contributed by atoms with E-state index in [1.54, 1.807) is 14.0 Å². The Labute approximate surface area is 110 Å². The van der Waals surface area contributed by atoms with Crippen molar-refractivity contribution in [2.75, 3.05) is 25.5 Å². The van der Waals surface area contributed by atoms with E-state index >= 15 is 0 Å². The van der Waals surface area contributed by atoms with Crippen LogP contribution in [-0.2, 0) is 4.79 Å². The van der Waals surface area contributed by atoms with Crippen LogP contribution in [0.15, 0.2) is 0 Å². The number of nitrogens with one attached hydrogen (secondary N) is 1. The summed E-state index contributed by atoms with van der Waals surface area (Å²) in [5.41, 5.74) is 0.557. The standard InChI is InChI=1S/C11H17N3O3S/c1-7-9(11(16)17)10(18-13-7)14(3)8(15)5-4-6-12-2/h12H,4-6H2,1-3H3,(H,16,17). The van der Waals surface area contributed by atoms with Gasteiger partial charge in [-0.1, -0.05) is 0 Å². The first-order valence-electron chi connectivity index (χ1n) is 5.59. The van der Waals surface area contributed by atoms with Crippen molar-refractivity contribution in [3.05, 3.63) is 11.3 Å². The average molecular weight is 271 g/mol. The lowest BCUT2D eigenvalue weighted by Gasteiger charge is -2.15. The van der Waals surface area contributed by atoms with Crippen molar-refractivity contribution in [3.63, 3.8) is 0 Å². The predicted octanol–water partition coefficient (Wildman–Crippen LogP) is 1.11. The van der Waals surface area contributed by atoms with Gasteiger partial charge in [-0.2, -0.15) is 4.37 Å². The topological polar surface area (TPSA) is 82.5 Å². The molecule has 0 unspecified atom stereocenters. The molecule has 0 saturated heterocycles. The summed E-state index contributed by atoms with van der Waals surface area (Å²) in [5.74, 6) is -1.15. The summed E-state index contributed by atoms with van der Waals surface area (Å²) < 4.78 is 3.99. The molecule has 18 heavy (non-hydrogen) atoms. The average Bonchev–Trinajstić information content (AvgIpc) is 2.70. The van der Waals surface area contributed by atoms with Gasteiger partial charge in [-0.3, -0.25) is 4.79 Å². The molecule has 1 amide bonds. The molecule has 0 fully saturated rings. The van der Waals surface area contributed by atoms with Gasteiger partial charge in [0.15, 0.2) is 0 Å². The van der Waals surface area contributed by atoms with E-state index in [1.165, 1.54) is 4.90 Å². The van der Waals surface area contributed by atoms with Crippen LogP contribution < -0.4 is 10.2 Å². The third kappa shape index (κ3) is 3.27. The Hall–Kier alpha value is -1.47. The van der Waals surface area contributed by atoms with Crippen LogP contribution in [0.25, 0.3) is 0 Å². The number of hydrogen-bond acceptors (Lipinski definition) is 5. The molecule has 1 aromatic heterocycles. The second kappa shape index (κ2) is 6.46. The molecule has 0 bridgehead atoms. The van der Waals surface area contributed by atoms with Crippen molar-refractivity contribution in [2.45, 2.75) is 19.8 Å². The van der Waals surface area contributed by atoms with E-state index in [0.29, 0.717) is 17.1 Å². The first-order valence-corrected chi connectivity index (χ1v) is 6.37. The fourth-order valence-electron chi connectivity index (χ4n) is 1.53. The Bertz CT molecular complexity index is 445. The number of carboxylic acid groups (broad SMARTS) is 1. The molecule has 0 saturated carbocycles. The Kier molecular flexibility index (Phi) is 5.24. The predicted molar refractivity (Wildman–Crippen MR) is 70.4 cm³/mol.